The molecule has 2 atom stereocenters. The van der Waals surface area contributed by atoms with Crippen LogP contribution in [0, 0.1) is 11.8 Å². The molecule has 0 aromatic rings. The fourth-order valence-electron chi connectivity index (χ4n) is 2.40. The van der Waals surface area contributed by atoms with Gasteiger partial charge in [-0.05, 0) is 18.3 Å². The first-order chi connectivity index (χ1) is 3.95. The van der Waals surface area contributed by atoms with Gasteiger partial charge in [0.05, 0.1) is 0 Å². The monoisotopic (exact) mass is 146 g/mol. The van der Waals surface area contributed by atoms with Gasteiger partial charge < -0.3 is 0 Å². The van der Waals surface area contributed by atoms with Crippen LogP contribution in [0.15, 0.2) is 0 Å². The largest absolute Gasteiger partial charge is 0.147 e. The smallest absolute Gasteiger partial charge is 0.0412 e. The van der Waals surface area contributed by atoms with E-state index in [1.807, 2.05) is 0 Å². The summed E-state index contributed by atoms with van der Waals surface area (Å²) in [6.45, 7) is 0. The van der Waals surface area contributed by atoms with Crippen LogP contribution >= 0.6 is 12.4 Å². The number of halogens is 1. The summed E-state index contributed by atoms with van der Waals surface area (Å²) in [5, 5.41) is 0. The minimum atomic E-state index is 0. The Bertz CT molecular complexity index is 76.6. The first-order valence-corrected chi connectivity index (χ1v) is 3.95. The Kier molecular flexibility index (Phi) is 2.40. The van der Waals surface area contributed by atoms with Crippen molar-refractivity contribution in [3.05, 3.63) is 0 Å². The molecule has 2 fully saturated rings. The van der Waals surface area contributed by atoms with E-state index >= 15 is 0 Å². The highest BCUT2D eigenvalue weighted by molar-refractivity contribution is 5.85. The summed E-state index contributed by atoms with van der Waals surface area (Å²) < 4.78 is 0. The first-order valence-electron chi connectivity index (χ1n) is 3.95. The van der Waals surface area contributed by atoms with Crippen molar-refractivity contribution in [2.75, 3.05) is 0 Å². The molecule has 0 amide bonds. The van der Waals surface area contributed by atoms with E-state index in [1.54, 1.807) is 32.1 Å². The summed E-state index contributed by atoms with van der Waals surface area (Å²) in [4.78, 5) is 0. The van der Waals surface area contributed by atoms with E-state index in [1.165, 1.54) is 6.42 Å². The van der Waals surface area contributed by atoms with Crippen molar-refractivity contribution in [1.82, 2.24) is 0 Å². The third-order valence-corrected chi connectivity index (χ3v) is 2.87. The van der Waals surface area contributed by atoms with Gasteiger partial charge in [0.15, 0.2) is 0 Å². The minimum Gasteiger partial charge on any atom is -0.147 e. The molecule has 2 aliphatic carbocycles. The average molecular weight is 147 g/mol. The van der Waals surface area contributed by atoms with Crippen LogP contribution in [0.2, 0.25) is 0 Å². The summed E-state index contributed by atoms with van der Waals surface area (Å²) in [5.41, 5.74) is 0. The number of rotatable bonds is 0. The first kappa shape index (κ1) is 7.40. The zero-order valence-electron chi connectivity index (χ0n) is 5.81. The molecule has 2 saturated carbocycles. The lowest BCUT2D eigenvalue weighted by Gasteiger charge is -2.16. The van der Waals surface area contributed by atoms with Gasteiger partial charge >= 0.3 is 0 Å². The second-order valence-electron chi connectivity index (χ2n) is 3.48. The lowest BCUT2D eigenvalue weighted by atomic mass is 9.89. The van der Waals surface area contributed by atoms with Gasteiger partial charge in [-0.15, -0.1) is 12.4 Å². The molecule has 0 aromatic carbocycles. The predicted octanol–water partition coefficient (Wildman–Crippen LogP) is 3.01. The molecule has 2 aliphatic rings. The molecule has 0 spiro atoms. The van der Waals surface area contributed by atoms with Crippen molar-refractivity contribution in [3.63, 3.8) is 0 Å². The molecule has 0 heterocycles. The molecule has 0 saturated heterocycles. The number of fused-ring (bicyclic) bond motifs is 2. The maximum Gasteiger partial charge on any atom is -0.0412 e. The summed E-state index contributed by atoms with van der Waals surface area (Å²) >= 11 is 0. The van der Waals surface area contributed by atoms with E-state index < -0.39 is 0 Å². The molecule has 2 unspecified atom stereocenters. The van der Waals surface area contributed by atoms with Crippen molar-refractivity contribution in [2.24, 2.45) is 11.8 Å². The molecule has 0 N–H and O–H groups in total. The second kappa shape index (κ2) is 2.92. The van der Waals surface area contributed by atoms with Gasteiger partial charge in [0.2, 0.25) is 0 Å². The van der Waals surface area contributed by atoms with E-state index in [-0.39, 0.29) is 12.4 Å². The van der Waals surface area contributed by atoms with E-state index in [4.69, 9.17) is 0 Å². The highest BCUT2D eigenvalue weighted by Gasteiger charge is 2.27. The van der Waals surface area contributed by atoms with Crippen LogP contribution in [0.25, 0.3) is 0 Å². The Hall–Kier alpha value is 0.290. The molecule has 0 radical (unpaired) electrons. The van der Waals surface area contributed by atoms with Crippen molar-refractivity contribution in [2.45, 2.75) is 38.5 Å². The molecule has 54 valence electrons. The minimum absolute atomic E-state index is 0. The summed E-state index contributed by atoms with van der Waals surface area (Å²) in [6, 6.07) is 0. The van der Waals surface area contributed by atoms with Gasteiger partial charge in [-0.2, -0.15) is 0 Å². The summed E-state index contributed by atoms with van der Waals surface area (Å²) in [5.74, 6) is 2.32. The van der Waals surface area contributed by atoms with Crippen LogP contribution in [0.3, 0.4) is 0 Å². The quantitative estimate of drug-likeness (QED) is 0.493. The van der Waals surface area contributed by atoms with Crippen molar-refractivity contribution >= 4 is 12.4 Å². The lowest BCUT2D eigenvalue weighted by Crippen LogP contribution is -2.03. The van der Waals surface area contributed by atoms with Crippen LogP contribution in [0.1, 0.15) is 38.5 Å². The zero-order valence-corrected chi connectivity index (χ0v) is 6.62. The highest BCUT2D eigenvalue weighted by Crippen LogP contribution is 2.41. The zero-order chi connectivity index (χ0) is 5.40. The summed E-state index contributed by atoms with van der Waals surface area (Å²) in [6.07, 6.45) is 9.34. The Labute approximate surface area is 63.4 Å². The number of hydrogen-bond donors (Lipinski definition) is 0. The SMILES string of the molecule is C1CC2CCC(C1)C2.Cl. The van der Waals surface area contributed by atoms with Crippen LogP contribution in [-0.4, -0.2) is 0 Å². The standard InChI is InChI=1S/C8H14.ClH/c1-2-7-4-5-8(3-1)6-7;/h7-8H,1-6H2;1H. The van der Waals surface area contributed by atoms with Crippen LogP contribution in [-0.2, 0) is 0 Å². The van der Waals surface area contributed by atoms with E-state index in [0.717, 1.165) is 11.8 Å². The number of hydrogen-bond acceptors (Lipinski definition) is 0. The van der Waals surface area contributed by atoms with Gasteiger partial charge in [-0.1, -0.05) is 32.1 Å². The molecular weight excluding hydrogens is 132 g/mol. The third-order valence-electron chi connectivity index (χ3n) is 2.87. The molecule has 0 nitrogen and oxygen atoms in total. The van der Waals surface area contributed by atoms with Crippen LogP contribution < -0.4 is 0 Å². The fourth-order valence-corrected chi connectivity index (χ4v) is 2.40. The second-order valence-corrected chi connectivity index (χ2v) is 3.48. The van der Waals surface area contributed by atoms with Crippen LogP contribution in [0.4, 0.5) is 0 Å². The molecular formula is C8H15Cl. The molecule has 1 heteroatoms. The van der Waals surface area contributed by atoms with Gasteiger partial charge in [0, 0.05) is 0 Å². The maximum absolute atomic E-state index is 1.58. The predicted molar refractivity (Wildman–Crippen MR) is 41.9 cm³/mol. The maximum atomic E-state index is 1.58. The highest BCUT2D eigenvalue weighted by atomic mass is 35.5. The topological polar surface area (TPSA) is 0 Å². The third kappa shape index (κ3) is 1.40. The molecule has 0 aromatic heterocycles. The van der Waals surface area contributed by atoms with Gasteiger partial charge in [0.25, 0.3) is 0 Å². The normalized spacial score (nSPS) is 40.0. The molecule has 2 rings (SSSR count). The van der Waals surface area contributed by atoms with Gasteiger partial charge in [0.1, 0.15) is 0 Å². The Balaban J connectivity index is 0.000000405. The van der Waals surface area contributed by atoms with Crippen molar-refractivity contribution in [3.8, 4) is 0 Å². The average Bonchev–Trinajstić information content (AvgIpc) is 2.12. The Morgan fingerprint density at radius 2 is 1.33 bits per heavy atom. The van der Waals surface area contributed by atoms with E-state index in [0.29, 0.717) is 0 Å². The molecule has 2 bridgehead atoms. The van der Waals surface area contributed by atoms with Crippen molar-refractivity contribution < 1.29 is 0 Å². The molecule has 9 heavy (non-hydrogen) atoms. The fraction of sp³-hybridized carbons (Fsp3) is 1.00. The van der Waals surface area contributed by atoms with E-state index in [9.17, 15) is 0 Å². The van der Waals surface area contributed by atoms with Crippen LogP contribution in [0.5, 0.6) is 0 Å². The molecule has 0 aliphatic heterocycles. The van der Waals surface area contributed by atoms with Gasteiger partial charge in [-0.25, -0.2) is 0 Å². The van der Waals surface area contributed by atoms with Gasteiger partial charge in [-0.3, -0.25) is 0 Å². The van der Waals surface area contributed by atoms with E-state index in [2.05, 4.69) is 0 Å². The Morgan fingerprint density at radius 1 is 0.778 bits per heavy atom. The summed E-state index contributed by atoms with van der Waals surface area (Å²) in [7, 11) is 0. The Morgan fingerprint density at radius 3 is 1.78 bits per heavy atom. The van der Waals surface area contributed by atoms with Crippen molar-refractivity contribution in [1.29, 1.82) is 0 Å². The lowest BCUT2D eigenvalue weighted by molar-refractivity contribution is 0.359.